The van der Waals surface area contributed by atoms with Crippen LogP contribution in [0.5, 0.6) is 0 Å². The Hall–Kier alpha value is 1.87. The van der Waals surface area contributed by atoms with Crippen LogP contribution >= 0.6 is 7.82 Å². The van der Waals surface area contributed by atoms with Gasteiger partial charge in [-0.15, -0.1) is 0 Å². The van der Waals surface area contributed by atoms with Gasteiger partial charge in [-0.2, -0.15) is 0 Å². The van der Waals surface area contributed by atoms with Crippen LogP contribution in [0.1, 0.15) is 0 Å². The van der Waals surface area contributed by atoms with Crippen molar-refractivity contribution in [2.24, 2.45) is 0 Å². The largest absolute Gasteiger partial charge is 1.00 e. The number of aliphatic hydroxyl groups excluding tert-OH is 4. The van der Waals surface area contributed by atoms with Gasteiger partial charge in [0, 0.05) is 0 Å². The molecule has 1 fully saturated rings. The number of ether oxygens (including phenoxy) is 1. The molecule has 0 radical (unpaired) electrons. The van der Waals surface area contributed by atoms with Crippen molar-refractivity contribution in [3.8, 4) is 0 Å². The maximum absolute atomic E-state index is 10.1. The van der Waals surface area contributed by atoms with Gasteiger partial charge < -0.3 is 49.5 Å². The van der Waals surface area contributed by atoms with E-state index in [2.05, 4.69) is 9.26 Å². The number of phosphoric acid groups is 1. The van der Waals surface area contributed by atoms with Crippen LogP contribution in [0.2, 0.25) is 0 Å². The van der Waals surface area contributed by atoms with Crippen LogP contribution < -0.4 is 68.9 Å². The first-order valence-corrected chi connectivity index (χ1v) is 5.73. The molecule has 10 nitrogen and oxygen atoms in total. The van der Waals surface area contributed by atoms with Gasteiger partial charge >= 0.3 is 59.1 Å². The second-order valence-corrected chi connectivity index (χ2v) is 4.43. The molecule has 0 spiro atoms. The van der Waals surface area contributed by atoms with E-state index in [-0.39, 0.29) is 64.6 Å². The molecule has 6 N–H and O–H groups in total. The van der Waals surface area contributed by atoms with Gasteiger partial charge in [-0.05, 0) is 0 Å². The SMILES string of the molecule is O.O=P([O-])([O-])OCC1OC(O)C(O)C(O)C1O.[Na+].[Na+]. The van der Waals surface area contributed by atoms with Crippen LogP contribution in [-0.4, -0.2) is 63.2 Å². The number of hydrogen-bond acceptors (Lipinski definition) is 9. The quantitative estimate of drug-likeness (QED) is 0.288. The number of aliphatic hydroxyl groups is 4. The van der Waals surface area contributed by atoms with E-state index in [9.17, 15) is 24.6 Å². The normalized spacial score (nSPS) is 34.5. The molecule has 0 aromatic carbocycles. The molecule has 0 saturated carbocycles. The summed E-state index contributed by atoms with van der Waals surface area (Å²) in [5, 5.41) is 36.6. The average Bonchev–Trinajstić information content (AvgIpc) is 2.17. The molecule has 5 unspecified atom stereocenters. The summed E-state index contributed by atoms with van der Waals surface area (Å²) >= 11 is 0. The smallest absolute Gasteiger partial charge is 0.790 e. The van der Waals surface area contributed by atoms with Crippen LogP contribution in [0.4, 0.5) is 0 Å². The molecule has 1 heterocycles. The topological polar surface area (TPSA) is 194 Å². The minimum atomic E-state index is -5.23. The van der Waals surface area contributed by atoms with Crippen molar-refractivity contribution in [2.45, 2.75) is 30.7 Å². The second kappa shape index (κ2) is 10.6. The van der Waals surface area contributed by atoms with Gasteiger partial charge in [-0.1, -0.05) is 0 Å². The maximum atomic E-state index is 10.1. The molecule has 0 aromatic heterocycles. The molecule has 104 valence electrons. The Balaban J connectivity index is -0.000000853. The van der Waals surface area contributed by atoms with E-state index >= 15 is 0 Å². The molecule has 1 rings (SSSR count). The fourth-order valence-corrected chi connectivity index (χ4v) is 1.56. The molecule has 0 aliphatic carbocycles. The van der Waals surface area contributed by atoms with Gasteiger partial charge in [0.05, 0.1) is 14.4 Å². The van der Waals surface area contributed by atoms with Gasteiger partial charge in [0.2, 0.25) is 0 Å². The van der Waals surface area contributed by atoms with Crippen molar-refractivity contribution >= 4 is 7.82 Å². The first kappa shape index (κ1) is 25.8. The minimum absolute atomic E-state index is 0. The fourth-order valence-electron chi connectivity index (χ4n) is 1.23. The number of hydrogen-bond donors (Lipinski definition) is 4. The Labute approximate surface area is 152 Å². The standard InChI is InChI=1S/C6H13O9P.2Na.H2O/c7-3-2(1-14-16(11,12)13)15-6(10)5(9)4(3)8;;;/h2-10H,1H2,(H2,11,12,13);;;1H2/q;2*+1;/p-2. The Bertz CT molecular complexity index is 287. The molecule has 0 bridgehead atoms. The van der Waals surface area contributed by atoms with Crippen molar-refractivity contribution in [1.82, 2.24) is 0 Å². The molecular formula is C6H13Na2O10P. The van der Waals surface area contributed by atoms with Gasteiger partial charge in [-0.25, -0.2) is 0 Å². The van der Waals surface area contributed by atoms with Gasteiger partial charge in [0.25, 0.3) is 0 Å². The van der Waals surface area contributed by atoms with E-state index in [1.54, 1.807) is 0 Å². The van der Waals surface area contributed by atoms with Crippen molar-refractivity contribution < 1.29 is 109 Å². The zero-order valence-corrected chi connectivity index (χ0v) is 15.3. The van der Waals surface area contributed by atoms with Crippen LogP contribution in [0.3, 0.4) is 0 Å². The predicted octanol–water partition coefficient (Wildman–Crippen LogP) is -11.2. The zero-order valence-electron chi connectivity index (χ0n) is 10.4. The summed E-state index contributed by atoms with van der Waals surface area (Å²) in [5.41, 5.74) is 0. The Morgan fingerprint density at radius 3 is 1.95 bits per heavy atom. The van der Waals surface area contributed by atoms with E-state index < -0.39 is 45.1 Å². The van der Waals surface area contributed by atoms with E-state index in [1.807, 2.05) is 0 Å². The first-order chi connectivity index (χ1) is 7.22. The van der Waals surface area contributed by atoms with Gasteiger partial charge in [0.1, 0.15) is 24.4 Å². The zero-order chi connectivity index (χ0) is 12.5. The summed E-state index contributed by atoms with van der Waals surface area (Å²) in [4.78, 5) is 20.3. The third-order valence-electron chi connectivity index (χ3n) is 2.08. The summed E-state index contributed by atoms with van der Waals surface area (Å²) in [6, 6.07) is 0. The third kappa shape index (κ3) is 8.17. The van der Waals surface area contributed by atoms with Gasteiger partial charge in [0.15, 0.2) is 6.29 Å². The van der Waals surface area contributed by atoms with Crippen LogP contribution in [-0.2, 0) is 13.8 Å². The summed E-state index contributed by atoms with van der Waals surface area (Å²) in [7, 11) is -5.23. The summed E-state index contributed by atoms with van der Waals surface area (Å²) in [5.74, 6) is 0. The molecule has 1 saturated heterocycles. The van der Waals surface area contributed by atoms with E-state index in [0.717, 1.165) is 0 Å². The molecule has 19 heavy (non-hydrogen) atoms. The number of phosphoric ester groups is 1. The van der Waals surface area contributed by atoms with Crippen molar-refractivity contribution in [3.63, 3.8) is 0 Å². The van der Waals surface area contributed by atoms with Crippen LogP contribution in [0.15, 0.2) is 0 Å². The van der Waals surface area contributed by atoms with Crippen LogP contribution in [0, 0.1) is 0 Å². The molecule has 5 atom stereocenters. The van der Waals surface area contributed by atoms with Crippen molar-refractivity contribution in [1.29, 1.82) is 0 Å². The average molecular weight is 322 g/mol. The molecule has 0 amide bonds. The van der Waals surface area contributed by atoms with Crippen molar-refractivity contribution in [2.75, 3.05) is 6.61 Å². The van der Waals surface area contributed by atoms with Crippen LogP contribution in [0.25, 0.3) is 0 Å². The molecular weight excluding hydrogens is 309 g/mol. The summed E-state index contributed by atoms with van der Waals surface area (Å²) < 4.78 is 18.5. The van der Waals surface area contributed by atoms with E-state index in [0.29, 0.717) is 0 Å². The molecule has 13 heteroatoms. The Morgan fingerprint density at radius 1 is 1.05 bits per heavy atom. The first-order valence-electron chi connectivity index (χ1n) is 4.26. The van der Waals surface area contributed by atoms with E-state index in [1.165, 1.54) is 0 Å². The molecule has 1 aliphatic rings. The van der Waals surface area contributed by atoms with E-state index in [4.69, 9.17) is 10.2 Å². The third-order valence-corrected chi connectivity index (χ3v) is 2.55. The fraction of sp³-hybridized carbons (Fsp3) is 1.00. The monoisotopic (exact) mass is 322 g/mol. The Kier molecular flexibility index (Phi) is 14.4. The number of rotatable bonds is 3. The van der Waals surface area contributed by atoms with Gasteiger partial charge in [-0.3, -0.25) is 0 Å². The second-order valence-electron chi connectivity index (χ2n) is 3.28. The summed E-state index contributed by atoms with van der Waals surface area (Å²) in [6.45, 7) is -0.855. The summed E-state index contributed by atoms with van der Waals surface area (Å²) in [6.07, 6.45) is -8.35. The predicted molar refractivity (Wildman–Crippen MR) is 46.1 cm³/mol. The van der Waals surface area contributed by atoms with Crippen molar-refractivity contribution in [3.05, 3.63) is 0 Å². The minimum Gasteiger partial charge on any atom is -0.790 e. The molecule has 1 aliphatic heterocycles. The Morgan fingerprint density at radius 2 is 1.53 bits per heavy atom. The maximum Gasteiger partial charge on any atom is 1.00 e. The molecule has 0 aromatic rings.